The van der Waals surface area contributed by atoms with Crippen LogP contribution in [0.5, 0.6) is 0 Å². The van der Waals surface area contributed by atoms with E-state index < -0.39 is 0 Å². The number of nitrogens with zero attached hydrogens (tertiary/aromatic N) is 2. The van der Waals surface area contributed by atoms with E-state index in [0.717, 1.165) is 42.7 Å². The van der Waals surface area contributed by atoms with E-state index in [-0.39, 0.29) is 0 Å². The Morgan fingerprint density at radius 1 is 1.00 bits per heavy atom. The van der Waals surface area contributed by atoms with Gasteiger partial charge in [0.25, 0.3) is 0 Å². The van der Waals surface area contributed by atoms with E-state index in [2.05, 4.69) is 52.6 Å². The molecule has 5 heteroatoms. The van der Waals surface area contributed by atoms with Crippen molar-refractivity contribution in [3.8, 4) is 0 Å². The minimum absolute atomic E-state index is 0.739. The first kappa shape index (κ1) is 16.2. The Bertz CT molecular complexity index is 628. The summed E-state index contributed by atoms with van der Waals surface area (Å²) >= 11 is 0. The second kappa shape index (κ2) is 7.75. The second-order valence-corrected chi connectivity index (χ2v) is 5.38. The molecule has 0 aliphatic heterocycles. The Morgan fingerprint density at radius 2 is 1.77 bits per heavy atom. The lowest BCUT2D eigenvalue weighted by Gasteiger charge is -2.11. The molecule has 1 aromatic heterocycles. The predicted molar refractivity (Wildman–Crippen MR) is 91.0 cm³/mol. The Labute approximate surface area is 132 Å². The van der Waals surface area contributed by atoms with Gasteiger partial charge in [-0.1, -0.05) is 6.07 Å². The van der Waals surface area contributed by atoms with Crippen LogP contribution in [0, 0.1) is 20.8 Å². The first-order valence-corrected chi connectivity index (χ1v) is 7.51. The molecule has 0 saturated heterocycles. The van der Waals surface area contributed by atoms with Crippen LogP contribution in [0.4, 0.5) is 17.3 Å². The molecule has 2 rings (SSSR count). The summed E-state index contributed by atoms with van der Waals surface area (Å²) in [5.41, 5.74) is 3.57. The molecule has 0 spiro atoms. The molecule has 22 heavy (non-hydrogen) atoms. The summed E-state index contributed by atoms with van der Waals surface area (Å²) in [4.78, 5) is 8.84. The van der Waals surface area contributed by atoms with Crippen LogP contribution in [0.2, 0.25) is 0 Å². The van der Waals surface area contributed by atoms with Gasteiger partial charge in [-0.25, -0.2) is 9.97 Å². The largest absolute Gasteiger partial charge is 0.385 e. The van der Waals surface area contributed by atoms with Crippen molar-refractivity contribution in [2.24, 2.45) is 0 Å². The van der Waals surface area contributed by atoms with E-state index in [9.17, 15) is 0 Å². The fourth-order valence-corrected chi connectivity index (χ4v) is 2.12. The molecule has 0 aliphatic rings. The lowest BCUT2D eigenvalue weighted by molar-refractivity contribution is 0.198. The highest BCUT2D eigenvalue weighted by atomic mass is 16.5. The third-order valence-electron chi connectivity index (χ3n) is 3.45. The fraction of sp³-hybridized carbons (Fsp3) is 0.412. The molecule has 2 N–H and O–H groups in total. The third-order valence-corrected chi connectivity index (χ3v) is 3.45. The van der Waals surface area contributed by atoms with Crippen molar-refractivity contribution < 1.29 is 4.74 Å². The quantitative estimate of drug-likeness (QED) is 0.765. The van der Waals surface area contributed by atoms with Crippen molar-refractivity contribution in [2.45, 2.75) is 27.2 Å². The van der Waals surface area contributed by atoms with Gasteiger partial charge in [-0.15, -0.1) is 0 Å². The number of methoxy groups -OCH3 is 1. The normalized spacial score (nSPS) is 10.5. The SMILES string of the molecule is COCCCNc1cc(Nc2ccc(C)c(C)c2)nc(C)n1. The first-order chi connectivity index (χ1) is 10.6. The maximum absolute atomic E-state index is 5.04. The zero-order chi connectivity index (χ0) is 15.9. The fourth-order valence-electron chi connectivity index (χ4n) is 2.12. The van der Waals surface area contributed by atoms with E-state index in [4.69, 9.17) is 4.74 Å². The maximum atomic E-state index is 5.04. The van der Waals surface area contributed by atoms with Gasteiger partial charge in [0.1, 0.15) is 17.5 Å². The van der Waals surface area contributed by atoms with Gasteiger partial charge in [-0.3, -0.25) is 0 Å². The predicted octanol–water partition coefficient (Wildman–Crippen LogP) is 3.59. The lowest BCUT2D eigenvalue weighted by Crippen LogP contribution is -2.08. The first-order valence-electron chi connectivity index (χ1n) is 7.51. The molecule has 0 aliphatic carbocycles. The van der Waals surface area contributed by atoms with E-state index in [1.54, 1.807) is 7.11 Å². The molecule has 0 fully saturated rings. The van der Waals surface area contributed by atoms with Crippen LogP contribution in [-0.2, 0) is 4.74 Å². The van der Waals surface area contributed by atoms with Gasteiger partial charge in [0.15, 0.2) is 0 Å². The van der Waals surface area contributed by atoms with Gasteiger partial charge >= 0.3 is 0 Å². The average molecular weight is 300 g/mol. The smallest absolute Gasteiger partial charge is 0.136 e. The molecule has 1 aromatic carbocycles. The monoisotopic (exact) mass is 300 g/mol. The number of ether oxygens (including phenoxy) is 1. The topological polar surface area (TPSA) is 59.1 Å². The van der Waals surface area contributed by atoms with Gasteiger partial charge in [0.2, 0.25) is 0 Å². The number of rotatable bonds is 7. The van der Waals surface area contributed by atoms with Crippen LogP contribution in [-0.4, -0.2) is 30.2 Å². The van der Waals surface area contributed by atoms with E-state index in [1.807, 2.05) is 13.0 Å². The summed E-state index contributed by atoms with van der Waals surface area (Å²) in [6, 6.07) is 8.22. The molecule has 2 aromatic rings. The Hall–Kier alpha value is -2.14. The van der Waals surface area contributed by atoms with Crippen molar-refractivity contribution in [3.63, 3.8) is 0 Å². The Balaban J connectivity index is 2.06. The number of aromatic nitrogens is 2. The van der Waals surface area contributed by atoms with Crippen molar-refractivity contribution in [1.82, 2.24) is 9.97 Å². The summed E-state index contributed by atoms with van der Waals surface area (Å²) in [6.45, 7) is 7.68. The highest BCUT2D eigenvalue weighted by Crippen LogP contribution is 2.20. The summed E-state index contributed by atoms with van der Waals surface area (Å²) < 4.78 is 5.04. The van der Waals surface area contributed by atoms with Crippen molar-refractivity contribution in [1.29, 1.82) is 0 Å². The molecule has 0 unspecified atom stereocenters. The summed E-state index contributed by atoms with van der Waals surface area (Å²) in [5, 5.41) is 6.63. The van der Waals surface area contributed by atoms with Gasteiger partial charge in [-0.2, -0.15) is 0 Å². The summed E-state index contributed by atoms with van der Waals surface area (Å²) in [6.07, 6.45) is 0.944. The third kappa shape index (κ3) is 4.70. The van der Waals surface area contributed by atoms with Gasteiger partial charge in [0, 0.05) is 32.0 Å². The van der Waals surface area contributed by atoms with Crippen molar-refractivity contribution in [2.75, 3.05) is 30.9 Å². The Kier molecular flexibility index (Phi) is 5.72. The number of anilines is 3. The number of hydrogen-bond acceptors (Lipinski definition) is 5. The highest BCUT2D eigenvalue weighted by molar-refractivity contribution is 5.60. The molecular weight excluding hydrogens is 276 g/mol. The van der Waals surface area contributed by atoms with Crippen LogP contribution < -0.4 is 10.6 Å². The van der Waals surface area contributed by atoms with E-state index >= 15 is 0 Å². The Morgan fingerprint density at radius 3 is 2.50 bits per heavy atom. The molecule has 0 atom stereocenters. The van der Waals surface area contributed by atoms with Crippen molar-refractivity contribution >= 4 is 17.3 Å². The molecule has 118 valence electrons. The van der Waals surface area contributed by atoms with Gasteiger partial charge < -0.3 is 15.4 Å². The van der Waals surface area contributed by atoms with Crippen LogP contribution in [0.1, 0.15) is 23.4 Å². The molecule has 5 nitrogen and oxygen atoms in total. The minimum atomic E-state index is 0.739. The van der Waals surface area contributed by atoms with Crippen LogP contribution in [0.25, 0.3) is 0 Å². The molecular formula is C17H24N4O. The minimum Gasteiger partial charge on any atom is -0.385 e. The number of nitrogens with one attached hydrogen (secondary N) is 2. The molecule has 0 radical (unpaired) electrons. The maximum Gasteiger partial charge on any atom is 0.136 e. The van der Waals surface area contributed by atoms with Gasteiger partial charge in [-0.05, 0) is 50.5 Å². The molecule has 0 bridgehead atoms. The number of benzene rings is 1. The van der Waals surface area contributed by atoms with Crippen LogP contribution in [0.15, 0.2) is 24.3 Å². The van der Waals surface area contributed by atoms with Crippen LogP contribution in [0.3, 0.4) is 0 Å². The average Bonchev–Trinajstić information content (AvgIpc) is 2.47. The van der Waals surface area contributed by atoms with Crippen LogP contribution >= 0.6 is 0 Å². The summed E-state index contributed by atoms with van der Waals surface area (Å²) in [7, 11) is 1.71. The standard InChI is InChI=1S/C17H24N4O/c1-12-6-7-15(10-13(12)2)21-17-11-16(19-14(3)20-17)18-8-5-9-22-4/h6-7,10-11H,5,8-9H2,1-4H3,(H2,18,19,20,21). The van der Waals surface area contributed by atoms with Gasteiger partial charge in [0.05, 0.1) is 0 Å². The van der Waals surface area contributed by atoms with Crippen molar-refractivity contribution in [3.05, 3.63) is 41.2 Å². The lowest BCUT2D eigenvalue weighted by atomic mass is 10.1. The molecule has 0 amide bonds. The zero-order valence-electron chi connectivity index (χ0n) is 13.7. The molecule has 0 saturated carbocycles. The number of hydrogen-bond donors (Lipinski definition) is 2. The number of aryl methyl sites for hydroxylation is 3. The summed E-state index contributed by atoms with van der Waals surface area (Å²) in [5.74, 6) is 2.36. The zero-order valence-corrected chi connectivity index (χ0v) is 13.7. The van der Waals surface area contributed by atoms with E-state index in [1.165, 1.54) is 11.1 Å². The second-order valence-electron chi connectivity index (χ2n) is 5.38. The highest BCUT2D eigenvalue weighted by Gasteiger charge is 2.03. The van der Waals surface area contributed by atoms with E-state index in [0.29, 0.717) is 0 Å². The molecule has 1 heterocycles.